The van der Waals surface area contributed by atoms with Gasteiger partial charge in [0.1, 0.15) is 17.8 Å². The number of aromatic nitrogens is 2. The van der Waals surface area contributed by atoms with Crippen molar-refractivity contribution in [3.05, 3.63) is 47.7 Å². The van der Waals surface area contributed by atoms with Gasteiger partial charge < -0.3 is 10.2 Å². The minimum absolute atomic E-state index is 0.0263. The van der Waals surface area contributed by atoms with Gasteiger partial charge in [-0.15, -0.1) is 0 Å². The molecule has 1 aliphatic heterocycles. The maximum atomic E-state index is 13.7. The molecule has 0 bridgehead atoms. The van der Waals surface area contributed by atoms with E-state index in [9.17, 15) is 18.0 Å². The van der Waals surface area contributed by atoms with Crippen molar-refractivity contribution in [1.82, 2.24) is 9.97 Å². The zero-order valence-corrected chi connectivity index (χ0v) is 13.4. The minimum Gasteiger partial charge on any atom is -0.357 e. The van der Waals surface area contributed by atoms with Crippen LogP contribution < -0.4 is 10.2 Å². The number of halogens is 3. The highest BCUT2D eigenvalue weighted by molar-refractivity contribution is 6.03. The van der Waals surface area contributed by atoms with E-state index in [1.807, 2.05) is 0 Å². The van der Waals surface area contributed by atoms with E-state index >= 15 is 0 Å². The van der Waals surface area contributed by atoms with Gasteiger partial charge in [0.15, 0.2) is 17.5 Å². The van der Waals surface area contributed by atoms with E-state index in [4.69, 9.17) is 0 Å². The summed E-state index contributed by atoms with van der Waals surface area (Å²) in [5, 5.41) is 2.21. The molecule has 2 heterocycles. The Morgan fingerprint density at radius 3 is 2.44 bits per heavy atom. The molecule has 1 amide bonds. The van der Waals surface area contributed by atoms with Crippen LogP contribution in [0.4, 0.5) is 24.7 Å². The fourth-order valence-electron chi connectivity index (χ4n) is 2.75. The van der Waals surface area contributed by atoms with Crippen LogP contribution in [0.1, 0.15) is 36.2 Å². The lowest BCUT2D eigenvalue weighted by Gasteiger charge is -2.21. The molecule has 2 aromatic rings. The number of carbonyl (C=O) groups excluding carboxylic acids is 1. The zero-order valence-electron chi connectivity index (χ0n) is 13.4. The SMILES string of the molecule is O=C(Nc1ccc(F)c(F)c1F)c1cc(N2CCCCCC2)ncn1. The third-order valence-corrected chi connectivity index (χ3v) is 4.10. The first-order valence-corrected chi connectivity index (χ1v) is 8.08. The van der Waals surface area contributed by atoms with Gasteiger partial charge in [0.05, 0.1) is 5.69 Å². The first kappa shape index (κ1) is 17.2. The van der Waals surface area contributed by atoms with Crippen molar-refractivity contribution in [2.24, 2.45) is 0 Å². The van der Waals surface area contributed by atoms with E-state index in [1.54, 1.807) is 0 Å². The van der Waals surface area contributed by atoms with E-state index in [-0.39, 0.29) is 5.69 Å². The van der Waals surface area contributed by atoms with Gasteiger partial charge in [-0.2, -0.15) is 0 Å². The van der Waals surface area contributed by atoms with Gasteiger partial charge in [-0.05, 0) is 25.0 Å². The highest BCUT2D eigenvalue weighted by Gasteiger charge is 2.18. The van der Waals surface area contributed by atoms with Crippen molar-refractivity contribution < 1.29 is 18.0 Å². The lowest BCUT2D eigenvalue weighted by molar-refractivity contribution is 0.102. The van der Waals surface area contributed by atoms with Crippen molar-refractivity contribution in [1.29, 1.82) is 0 Å². The molecule has 1 fully saturated rings. The minimum atomic E-state index is -1.63. The van der Waals surface area contributed by atoms with Crippen molar-refractivity contribution in [3.63, 3.8) is 0 Å². The summed E-state index contributed by atoms with van der Waals surface area (Å²) in [6, 6.07) is 3.22. The van der Waals surface area contributed by atoms with Gasteiger partial charge in [-0.25, -0.2) is 23.1 Å². The standard InChI is InChI=1S/C17H17F3N4O/c18-11-5-6-12(16(20)15(11)19)23-17(25)13-9-14(22-10-21-13)24-7-3-1-2-4-8-24/h5-6,9-10H,1-4,7-8H2,(H,23,25). The number of nitrogens with one attached hydrogen (secondary N) is 1. The maximum Gasteiger partial charge on any atom is 0.274 e. The summed E-state index contributed by atoms with van der Waals surface area (Å²) >= 11 is 0. The van der Waals surface area contributed by atoms with Gasteiger partial charge >= 0.3 is 0 Å². The Hall–Kier alpha value is -2.64. The van der Waals surface area contributed by atoms with Crippen molar-refractivity contribution in [2.45, 2.75) is 25.7 Å². The Bertz CT molecular complexity index is 776. The fraction of sp³-hybridized carbons (Fsp3) is 0.353. The maximum absolute atomic E-state index is 13.7. The Balaban J connectivity index is 1.78. The quantitative estimate of drug-likeness (QED) is 0.861. The number of anilines is 2. The van der Waals surface area contributed by atoms with Crippen LogP contribution in [0.2, 0.25) is 0 Å². The number of benzene rings is 1. The lowest BCUT2D eigenvalue weighted by Crippen LogP contribution is -2.26. The second-order valence-electron chi connectivity index (χ2n) is 5.84. The number of nitrogens with zero attached hydrogens (tertiary/aromatic N) is 3. The Labute approximate surface area is 142 Å². The van der Waals surface area contributed by atoms with E-state index in [1.165, 1.54) is 12.4 Å². The molecule has 5 nitrogen and oxygen atoms in total. The second kappa shape index (κ2) is 7.50. The van der Waals surface area contributed by atoms with E-state index in [0.717, 1.165) is 50.9 Å². The van der Waals surface area contributed by atoms with Crippen molar-refractivity contribution in [3.8, 4) is 0 Å². The first-order valence-electron chi connectivity index (χ1n) is 8.08. The number of amides is 1. The molecule has 1 aromatic heterocycles. The number of hydrogen-bond acceptors (Lipinski definition) is 4. The second-order valence-corrected chi connectivity index (χ2v) is 5.84. The Kier molecular flexibility index (Phi) is 5.16. The third kappa shape index (κ3) is 3.89. The predicted molar refractivity (Wildman–Crippen MR) is 87.0 cm³/mol. The summed E-state index contributed by atoms with van der Waals surface area (Å²) in [5.74, 6) is -4.50. The molecule has 0 radical (unpaired) electrons. The van der Waals surface area contributed by atoms with Crippen LogP contribution in [0.3, 0.4) is 0 Å². The van der Waals surface area contributed by atoms with Gasteiger partial charge in [0, 0.05) is 19.2 Å². The molecule has 8 heteroatoms. The van der Waals surface area contributed by atoms with Crippen LogP contribution in [0.25, 0.3) is 0 Å². The van der Waals surface area contributed by atoms with E-state index in [2.05, 4.69) is 20.2 Å². The average Bonchev–Trinajstić information content (AvgIpc) is 2.92. The van der Waals surface area contributed by atoms with E-state index in [0.29, 0.717) is 5.82 Å². The largest absolute Gasteiger partial charge is 0.357 e. The van der Waals surface area contributed by atoms with E-state index < -0.39 is 29.0 Å². The topological polar surface area (TPSA) is 58.1 Å². The van der Waals surface area contributed by atoms with Crippen LogP contribution in [0.15, 0.2) is 24.5 Å². The molecule has 0 atom stereocenters. The average molecular weight is 350 g/mol. The van der Waals surface area contributed by atoms with Gasteiger partial charge in [0.2, 0.25) is 0 Å². The molecule has 0 unspecified atom stereocenters. The summed E-state index contributed by atoms with van der Waals surface area (Å²) in [4.78, 5) is 22.4. The predicted octanol–water partition coefficient (Wildman–Crippen LogP) is 3.53. The fourth-order valence-corrected chi connectivity index (χ4v) is 2.75. The van der Waals surface area contributed by atoms with Gasteiger partial charge in [-0.1, -0.05) is 12.8 Å². The molecule has 0 aliphatic carbocycles. The molecule has 25 heavy (non-hydrogen) atoms. The highest BCUT2D eigenvalue weighted by atomic mass is 19.2. The molecule has 1 aromatic carbocycles. The molecule has 1 N–H and O–H groups in total. The van der Waals surface area contributed by atoms with Gasteiger partial charge in [-0.3, -0.25) is 4.79 Å². The molecule has 1 aliphatic rings. The van der Waals surface area contributed by atoms with Crippen LogP contribution in [0, 0.1) is 17.5 Å². The summed E-state index contributed by atoms with van der Waals surface area (Å²) in [6.07, 6.45) is 5.67. The summed E-state index contributed by atoms with van der Waals surface area (Å²) in [5.41, 5.74) is -0.419. The lowest BCUT2D eigenvalue weighted by atomic mass is 10.2. The summed E-state index contributed by atoms with van der Waals surface area (Å²) in [7, 11) is 0. The Morgan fingerprint density at radius 1 is 1.00 bits per heavy atom. The smallest absolute Gasteiger partial charge is 0.274 e. The van der Waals surface area contributed by atoms with Crippen molar-refractivity contribution in [2.75, 3.05) is 23.3 Å². The van der Waals surface area contributed by atoms with Crippen LogP contribution in [-0.2, 0) is 0 Å². The summed E-state index contributed by atoms with van der Waals surface area (Å²) < 4.78 is 39.9. The summed E-state index contributed by atoms with van der Waals surface area (Å²) in [6.45, 7) is 1.69. The molecule has 3 rings (SSSR count). The van der Waals surface area contributed by atoms with Crippen LogP contribution in [-0.4, -0.2) is 29.0 Å². The monoisotopic (exact) mass is 350 g/mol. The molecule has 0 spiro atoms. The number of hydrogen-bond donors (Lipinski definition) is 1. The molecule has 132 valence electrons. The molecular formula is C17H17F3N4O. The molecule has 0 saturated carbocycles. The normalized spacial score (nSPS) is 14.9. The molecular weight excluding hydrogens is 333 g/mol. The molecule has 1 saturated heterocycles. The zero-order chi connectivity index (χ0) is 17.8. The van der Waals surface area contributed by atoms with Crippen molar-refractivity contribution >= 4 is 17.4 Å². The third-order valence-electron chi connectivity index (χ3n) is 4.10. The highest BCUT2D eigenvalue weighted by Crippen LogP contribution is 2.21. The number of carbonyl (C=O) groups is 1. The Morgan fingerprint density at radius 2 is 1.72 bits per heavy atom. The first-order chi connectivity index (χ1) is 12.1. The van der Waals surface area contributed by atoms with Gasteiger partial charge in [0.25, 0.3) is 5.91 Å². The van der Waals surface area contributed by atoms with Crippen LogP contribution in [0.5, 0.6) is 0 Å². The van der Waals surface area contributed by atoms with Crippen LogP contribution >= 0.6 is 0 Å². The number of rotatable bonds is 3.